The zero-order chi connectivity index (χ0) is 8.97. The zero-order valence-electron chi connectivity index (χ0n) is 7.88. The van der Waals surface area contributed by atoms with Gasteiger partial charge in [0.2, 0.25) is 0 Å². The quantitative estimate of drug-likeness (QED) is 0.659. The second kappa shape index (κ2) is 4.61. The van der Waals surface area contributed by atoms with Crippen LogP contribution in [0, 0.1) is 5.92 Å². The summed E-state index contributed by atoms with van der Waals surface area (Å²) in [6.45, 7) is 1.95. The first-order chi connectivity index (χ1) is 5.68. The van der Waals surface area contributed by atoms with Crippen molar-refractivity contribution in [2.24, 2.45) is 11.7 Å². The molecule has 0 amide bonds. The minimum absolute atomic E-state index is 0.176. The molecule has 70 valence electrons. The Morgan fingerprint density at radius 1 is 1.50 bits per heavy atom. The SMILES string of the molecule is CC(N)CCC(=O)CCC1CC1. The van der Waals surface area contributed by atoms with Crippen molar-refractivity contribution in [2.75, 3.05) is 0 Å². The van der Waals surface area contributed by atoms with Gasteiger partial charge in [-0.25, -0.2) is 0 Å². The van der Waals surface area contributed by atoms with Gasteiger partial charge in [-0.05, 0) is 25.7 Å². The number of hydrogen-bond donors (Lipinski definition) is 1. The lowest BCUT2D eigenvalue weighted by Gasteiger charge is -2.03. The Morgan fingerprint density at radius 3 is 2.67 bits per heavy atom. The highest BCUT2D eigenvalue weighted by Gasteiger charge is 2.21. The van der Waals surface area contributed by atoms with E-state index in [4.69, 9.17) is 5.73 Å². The first-order valence-corrected chi connectivity index (χ1v) is 4.95. The van der Waals surface area contributed by atoms with Crippen LogP contribution in [0.5, 0.6) is 0 Å². The minimum atomic E-state index is 0.176. The number of carbonyl (C=O) groups excluding carboxylic acids is 1. The lowest BCUT2D eigenvalue weighted by atomic mass is 10.1. The summed E-state index contributed by atoms with van der Waals surface area (Å²) in [6.07, 6.45) is 6.14. The fourth-order valence-corrected chi connectivity index (χ4v) is 1.29. The van der Waals surface area contributed by atoms with Crippen molar-refractivity contribution in [3.8, 4) is 0 Å². The van der Waals surface area contributed by atoms with Gasteiger partial charge in [-0.3, -0.25) is 4.79 Å². The van der Waals surface area contributed by atoms with Crippen LogP contribution in [0.4, 0.5) is 0 Å². The molecule has 2 N–H and O–H groups in total. The third kappa shape index (κ3) is 4.50. The van der Waals surface area contributed by atoms with Crippen molar-refractivity contribution >= 4 is 5.78 Å². The largest absolute Gasteiger partial charge is 0.328 e. The monoisotopic (exact) mass is 169 g/mol. The smallest absolute Gasteiger partial charge is 0.132 e. The maximum atomic E-state index is 11.2. The van der Waals surface area contributed by atoms with Crippen LogP contribution in [0.15, 0.2) is 0 Å². The van der Waals surface area contributed by atoms with E-state index < -0.39 is 0 Å². The van der Waals surface area contributed by atoms with Crippen LogP contribution in [0.3, 0.4) is 0 Å². The molecule has 0 bridgehead atoms. The average Bonchev–Trinajstić information content (AvgIpc) is 2.80. The Hall–Kier alpha value is -0.370. The molecule has 0 heterocycles. The van der Waals surface area contributed by atoms with Crippen molar-refractivity contribution in [3.63, 3.8) is 0 Å². The molecule has 1 unspecified atom stereocenters. The average molecular weight is 169 g/mol. The zero-order valence-corrected chi connectivity index (χ0v) is 7.88. The molecule has 0 spiro atoms. The van der Waals surface area contributed by atoms with E-state index in [9.17, 15) is 4.79 Å². The van der Waals surface area contributed by atoms with Crippen LogP contribution < -0.4 is 5.73 Å². The molecular formula is C10H19NO. The highest BCUT2D eigenvalue weighted by atomic mass is 16.1. The maximum absolute atomic E-state index is 11.2. The molecule has 1 aliphatic carbocycles. The van der Waals surface area contributed by atoms with Crippen LogP contribution >= 0.6 is 0 Å². The van der Waals surface area contributed by atoms with Gasteiger partial charge in [-0.15, -0.1) is 0 Å². The third-order valence-corrected chi connectivity index (χ3v) is 2.41. The predicted octanol–water partition coefficient (Wildman–Crippen LogP) is 1.87. The Bertz CT molecular complexity index is 142. The summed E-state index contributed by atoms with van der Waals surface area (Å²) in [7, 11) is 0. The molecule has 1 atom stereocenters. The lowest BCUT2D eigenvalue weighted by molar-refractivity contribution is -0.119. The van der Waals surface area contributed by atoms with E-state index in [1.165, 1.54) is 12.8 Å². The topological polar surface area (TPSA) is 43.1 Å². The molecule has 1 fully saturated rings. The highest BCUT2D eigenvalue weighted by molar-refractivity contribution is 5.78. The fourth-order valence-electron chi connectivity index (χ4n) is 1.29. The summed E-state index contributed by atoms with van der Waals surface area (Å²) < 4.78 is 0. The third-order valence-electron chi connectivity index (χ3n) is 2.41. The number of rotatable bonds is 6. The van der Waals surface area contributed by atoms with Gasteiger partial charge in [0.25, 0.3) is 0 Å². The highest BCUT2D eigenvalue weighted by Crippen LogP contribution is 2.33. The van der Waals surface area contributed by atoms with Crippen molar-refractivity contribution in [1.82, 2.24) is 0 Å². The van der Waals surface area contributed by atoms with E-state index in [0.29, 0.717) is 12.2 Å². The predicted molar refractivity (Wildman–Crippen MR) is 49.8 cm³/mol. The summed E-state index contributed by atoms with van der Waals surface area (Å²) in [4.78, 5) is 11.2. The Labute approximate surface area is 74.5 Å². The fraction of sp³-hybridized carbons (Fsp3) is 0.900. The molecule has 0 aromatic carbocycles. The van der Waals surface area contributed by atoms with Crippen LogP contribution in [-0.2, 0) is 4.79 Å². The molecule has 1 saturated carbocycles. The van der Waals surface area contributed by atoms with E-state index in [0.717, 1.165) is 25.2 Å². The minimum Gasteiger partial charge on any atom is -0.328 e. The summed E-state index contributed by atoms with van der Waals surface area (Å²) in [6, 6.07) is 0.176. The molecular weight excluding hydrogens is 150 g/mol. The Kier molecular flexibility index (Phi) is 3.73. The standard InChI is InChI=1S/C10H19NO/c1-8(11)2-6-10(12)7-5-9-3-4-9/h8-9H,2-7,11H2,1H3. The Morgan fingerprint density at radius 2 is 2.17 bits per heavy atom. The first-order valence-electron chi connectivity index (χ1n) is 4.95. The number of carbonyl (C=O) groups is 1. The number of nitrogens with two attached hydrogens (primary N) is 1. The second-order valence-corrected chi connectivity index (χ2v) is 4.04. The second-order valence-electron chi connectivity index (χ2n) is 4.04. The van der Waals surface area contributed by atoms with Gasteiger partial charge in [0, 0.05) is 18.9 Å². The number of hydrogen-bond acceptors (Lipinski definition) is 2. The molecule has 0 aliphatic heterocycles. The lowest BCUT2D eigenvalue weighted by Crippen LogP contribution is -2.16. The van der Waals surface area contributed by atoms with Gasteiger partial charge in [-0.2, -0.15) is 0 Å². The van der Waals surface area contributed by atoms with E-state index in [1.807, 2.05) is 6.92 Å². The normalized spacial score (nSPS) is 19.2. The van der Waals surface area contributed by atoms with E-state index in [2.05, 4.69) is 0 Å². The molecule has 1 aliphatic rings. The van der Waals surface area contributed by atoms with E-state index >= 15 is 0 Å². The summed E-state index contributed by atoms with van der Waals surface area (Å²) in [5.74, 6) is 1.28. The van der Waals surface area contributed by atoms with Crippen LogP contribution in [0.2, 0.25) is 0 Å². The first kappa shape index (κ1) is 9.72. The van der Waals surface area contributed by atoms with Crippen molar-refractivity contribution in [2.45, 2.75) is 51.5 Å². The van der Waals surface area contributed by atoms with Gasteiger partial charge >= 0.3 is 0 Å². The molecule has 0 radical (unpaired) electrons. The van der Waals surface area contributed by atoms with Crippen LogP contribution in [-0.4, -0.2) is 11.8 Å². The van der Waals surface area contributed by atoms with E-state index in [1.54, 1.807) is 0 Å². The van der Waals surface area contributed by atoms with Crippen LogP contribution in [0.25, 0.3) is 0 Å². The van der Waals surface area contributed by atoms with Gasteiger partial charge in [-0.1, -0.05) is 12.8 Å². The molecule has 0 saturated heterocycles. The van der Waals surface area contributed by atoms with Crippen LogP contribution in [0.1, 0.15) is 45.4 Å². The summed E-state index contributed by atoms with van der Waals surface area (Å²) >= 11 is 0. The number of ketones is 1. The van der Waals surface area contributed by atoms with Gasteiger partial charge in [0.15, 0.2) is 0 Å². The maximum Gasteiger partial charge on any atom is 0.132 e. The van der Waals surface area contributed by atoms with Gasteiger partial charge < -0.3 is 5.73 Å². The molecule has 0 aromatic heterocycles. The van der Waals surface area contributed by atoms with Gasteiger partial charge in [0.1, 0.15) is 5.78 Å². The molecule has 2 heteroatoms. The molecule has 1 rings (SSSR count). The number of Topliss-reactive ketones (excluding diaryl/α,β-unsaturated/α-hetero) is 1. The van der Waals surface area contributed by atoms with Crippen molar-refractivity contribution in [3.05, 3.63) is 0 Å². The molecule has 12 heavy (non-hydrogen) atoms. The Balaban J connectivity index is 1.95. The summed E-state index contributed by atoms with van der Waals surface area (Å²) in [5, 5.41) is 0. The summed E-state index contributed by atoms with van der Waals surface area (Å²) in [5.41, 5.74) is 5.56. The van der Waals surface area contributed by atoms with Crippen molar-refractivity contribution in [1.29, 1.82) is 0 Å². The van der Waals surface area contributed by atoms with Crippen molar-refractivity contribution < 1.29 is 4.79 Å². The van der Waals surface area contributed by atoms with E-state index in [-0.39, 0.29) is 6.04 Å². The molecule has 2 nitrogen and oxygen atoms in total. The molecule has 0 aromatic rings. The van der Waals surface area contributed by atoms with Gasteiger partial charge in [0.05, 0.1) is 0 Å².